The Hall–Kier alpha value is -0.420. The Morgan fingerprint density at radius 3 is 2.69 bits per heavy atom. The summed E-state index contributed by atoms with van der Waals surface area (Å²) in [4.78, 5) is 0. The van der Waals surface area contributed by atoms with E-state index in [0.29, 0.717) is 33.2 Å². The lowest BCUT2D eigenvalue weighted by Crippen LogP contribution is -2.44. The van der Waals surface area contributed by atoms with Crippen LogP contribution >= 0.6 is 0 Å². The van der Waals surface area contributed by atoms with Gasteiger partial charge >= 0.3 is 0 Å². The number of hydrogen-bond donors (Lipinski definition) is 1. The molecule has 13 heavy (non-hydrogen) atoms. The fourth-order valence-corrected chi connectivity index (χ4v) is 1.20. The summed E-state index contributed by atoms with van der Waals surface area (Å²) in [7, 11) is 0. The van der Waals surface area contributed by atoms with Gasteiger partial charge in [0.25, 0.3) is 0 Å². The van der Waals surface area contributed by atoms with Crippen molar-refractivity contribution in [3.05, 3.63) is 12.7 Å². The van der Waals surface area contributed by atoms with Crippen molar-refractivity contribution in [1.82, 2.24) is 0 Å². The van der Waals surface area contributed by atoms with Crippen molar-refractivity contribution in [2.75, 3.05) is 39.8 Å². The predicted octanol–water partition coefficient (Wildman–Crippen LogP) is 0.172. The van der Waals surface area contributed by atoms with Crippen molar-refractivity contribution < 1.29 is 19.3 Å². The molecule has 0 radical (unpaired) electrons. The second-order valence-electron chi connectivity index (χ2n) is 3.28. The summed E-state index contributed by atoms with van der Waals surface area (Å²) >= 11 is 0. The topological polar surface area (TPSA) is 47.9 Å². The quantitative estimate of drug-likeness (QED) is 0.493. The van der Waals surface area contributed by atoms with Gasteiger partial charge < -0.3 is 19.3 Å². The smallest absolute Gasteiger partial charge is 0.146 e. The lowest BCUT2D eigenvalue weighted by molar-refractivity contribution is -0.191. The minimum atomic E-state index is -0.388. The first-order chi connectivity index (χ1) is 6.33. The van der Waals surface area contributed by atoms with E-state index < -0.39 is 0 Å². The average Bonchev–Trinajstić information content (AvgIpc) is 2.20. The summed E-state index contributed by atoms with van der Waals surface area (Å²) in [6, 6.07) is 0. The Labute approximate surface area is 78.1 Å². The van der Waals surface area contributed by atoms with E-state index in [1.165, 1.54) is 0 Å². The highest BCUT2D eigenvalue weighted by atomic mass is 16.7. The number of ether oxygens (including phenoxy) is 3. The minimum Gasteiger partial charge on any atom is -0.396 e. The standard InChI is InChI=1S/C9H16O4/c1-2-3-11-5-9(4-10)6-12-8-13-7-9/h2,10H,1,3-8H2. The third-order valence-corrected chi connectivity index (χ3v) is 1.96. The van der Waals surface area contributed by atoms with E-state index in [0.717, 1.165) is 0 Å². The Morgan fingerprint density at radius 1 is 1.46 bits per heavy atom. The zero-order valence-electron chi connectivity index (χ0n) is 7.70. The zero-order valence-corrected chi connectivity index (χ0v) is 7.70. The maximum absolute atomic E-state index is 9.18. The van der Waals surface area contributed by atoms with E-state index in [1.54, 1.807) is 6.08 Å². The van der Waals surface area contributed by atoms with E-state index in [9.17, 15) is 5.11 Å². The number of hydrogen-bond acceptors (Lipinski definition) is 4. The maximum Gasteiger partial charge on any atom is 0.146 e. The molecule has 4 nitrogen and oxygen atoms in total. The summed E-state index contributed by atoms with van der Waals surface area (Å²) in [5.41, 5.74) is -0.388. The molecule has 0 spiro atoms. The predicted molar refractivity (Wildman–Crippen MR) is 47.3 cm³/mol. The fraction of sp³-hybridized carbons (Fsp3) is 0.778. The van der Waals surface area contributed by atoms with E-state index >= 15 is 0 Å². The Morgan fingerprint density at radius 2 is 2.15 bits per heavy atom. The van der Waals surface area contributed by atoms with Gasteiger partial charge in [-0.2, -0.15) is 0 Å². The largest absolute Gasteiger partial charge is 0.396 e. The van der Waals surface area contributed by atoms with Gasteiger partial charge in [0, 0.05) is 0 Å². The van der Waals surface area contributed by atoms with Gasteiger partial charge in [-0.15, -0.1) is 6.58 Å². The summed E-state index contributed by atoms with van der Waals surface area (Å²) in [6.45, 7) is 5.77. The van der Waals surface area contributed by atoms with Crippen LogP contribution in [-0.4, -0.2) is 44.9 Å². The molecule has 1 fully saturated rings. The lowest BCUT2D eigenvalue weighted by Gasteiger charge is -2.34. The maximum atomic E-state index is 9.18. The summed E-state index contributed by atoms with van der Waals surface area (Å²) in [5, 5.41) is 9.18. The normalized spacial score (nSPS) is 21.3. The van der Waals surface area contributed by atoms with Crippen molar-refractivity contribution in [2.24, 2.45) is 5.41 Å². The van der Waals surface area contributed by atoms with E-state index in [2.05, 4.69) is 6.58 Å². The van der Waals surface area contributed by atoms with E-state index in [4.69, 9.17) is 14.2 Å². The summed E-state index contributed by atoms with van der Waals surface area (Å²) in [6.07, 6.45) is 1.68. The molecule has 1 heterocycles. The molecule has 0 aliphatic carbocycles. The molecule has 1 N–H and O–H groups in total. The second kappa shape index (κ2) is 5.34. The molecule has 0 aromatic heterocycles. The number of rotatable bonds is 5. The molecule has 76 valence electrons. The second-order valence-corrected chi connectivity index (χ2v) is 3.28. The molecule has 0 atom stereocenters. The third-order valence-electron chi connectivity index (χ3n) is 1.96. The lowest BCUT2D eigenvalue weighted by atomic mass is 9.92. The highest BCUT2D eigenvalue weighted by Gasteiger charge is 2.33. The Kier molecular flexibility index (Phi) is 4.38. The number of aliphatic hydroxyl groups excluding tert-OH is 1. The molecule has 0 unspecified atom stereocenters. The summed E-state index contributed by atoms with van der Waals surface area (Å²) < 4.78 is 15.5. The fourth-order valence-electron chi connectivity index (χ4n) is 1.20. The van der Waals surface area contributed by atoms with Gasteiger partial charge in [-0.3, -0.25) is 0 Å². The molecule has 0 aromatic carbocycles. The molecule has 1 saturated heterocycles. The molecule has 0 bridgehead atoms. The van der Waals surface area contributed by atoms with Crippen LogP contribution in [0.1, 0.15) is 0 Å². The van der Waals surface area contributed by atoms with Gasteiger partial charge in [0.05, 0.1) is 38.4 Å². The van der Waals surface area contributed by atoms with Gasteiger partial charge in [0.1, 0.15) is 6.79 Å². The molecule has 1 rings (SSSR count). The van der Waals surface area contributed by atoms with Gasteiger partial charge in [0.2, 0.25) is 0 Å². The van der Waals surface area contributed by atoms with Crippen molar-refractivity contribution >= 4 is 0 Å². The monoisotopic (exact) mass is 188 g/mol. The van der Waals surface area contributed by atoms with Crippen LogP contribution in [0, 0.1) is 5.41 Å². The third kappa shape index (κ3) is 3.08. The van der Waals surface area contributed by atoms with Crippen molar-refractivity contribution in [2.45, 2.75) is 0 Å². The highest BCUT2D eigenvalue weighted by molar-refractivity contribution is 4.80. The van der Waals surface area contributed by atoms with Crippen molar-refractivity contribution in [3.63, 3.8) is 0 Å². The molecular formula is C9H16O4. The first-order valence-corrected chi connectivity index (χ1v) is 4.28. The molecular weight excluding hydrogens is 172 g/mol. The Balaban J connectivity index is 2.33. The van der Waals surface area contributed by atoms with E-state index in [-0.39, 0.29) is 12.0 Å². The first kappa shape index (κ1) is 10.7. The van der Waals surface area contributed by atoms with E-state index in [1.807, 2.05) is 0 Å². The van der Waals surface area contributed by atoms with Crippen LogP contribution in [0.3, 0.4) is 0 Å². The molecule has 0 aromatic rings. The van der Waals surface area contributed by atoms with Gasteiger partial charge in [-0.1, -0.05) is 6.08 Å². The zero-order chi connectivity index (χ0) is 9.57. The van der Waals surface area contributed by atoms with Crippen molar-refractivity contribution in [3.8, 4) is 0 Å². The van der Waals surface area contributed by atoms with Gasteiger partial charge in [-0.25, -0.2) is 0 Å². The van der Waals surface area contributed by atoms with Crippen LogP contribution in [-0.2, 0) is 14.2 Å². The van der Waals surface area contributed by atoms with Crippen LogP contribution in [0.4, 0.5) is 0 Å². The van der Waals surface area contributed by atoms with Crippen LogP contribution in [0.15, 0.2) is 12.7 Å². The van der Waals surface area contributed by atoms with Gasteiger partial charge in [0.15, 0.2) is 0 Å². The Bertz CT molecular complexity index is 152. The van der Waals surface area contributed by atoms with Gasteiger partial charge in [-0.05, 0) is 0 Å². The van der Waals surface area contributed by atoms with Crippen LogP contribution in [0.5, 0.6) is 0 Å². The first-order valence-electron chi connectivity index (χ1n) is 4.28. The average molecular weight is 188 g/mol. The minimum absolute atomic E-state index is 0.0180. The van der Waals surface area contributed by atoms with Crippen molar-refractivity contribution in [1.29, 1.82) is 0 Å². The number of aliphatic hydroxyl groups is 1. The highest BCUT2D eigenvalue weighted by Crippen LogP contribution is 2.21. The molecule has 4 heteroatoms. The van der Waals surface area contributed by atoms with Crippen LogP contribution in [0.2, 0.25) is 0 Å². The molecule has 1 aliphatic heterocycles. The SMILES string of the molecule is C=CCOCC1(CO)COCOC1. The molecule has 1 aliphatic rings. The molecule has 0 saturated carbocycles. The molecule has 0 amide bonds. The van der Waals surface area contributed by atoms with Crippen LogP contribution < -0.4 is 0 Å². The van der Waals surface area contributed by atoms with Crippen LogP contribution in [0.25, 0.3) is 0 Å². The summed E-state index contributed by atoms with van der Waals surface area (Å²) in [5.74, 6) is 0.